The first-order valence-corrected chi connectivity index (χ1v) is 4.60. The lowest BCUT2D eigenvalue weighted by Crippen LogP contribution is -2.05. The summed E-state index contributed by atoms with van der Waals surface area (Å²) in [6.45, 7) is 0. The molecule has 1 N–H and O–H groups in total. The van der Waals surface area contributed by atoms with Gasteiger partial charge >= 0.3 is 5.97 Å². The second kappa shape index (κ2) is 3.71. The van der Waals surface area contributed by atoms with E-state index in [0.717, 1.165) is 6.07 Å². The van der Waals surface area contributed by atoms with Crippen molar-refractivity contribution in [2.24, 2.45) is 0 Å². The van der Waals surface area contributed by atoms with E-state index in [4.69, 9.17) is 5.11 Å². The molecule has 1 aromatic rings. The Bertz CT molecular complexity index is 379. The molecule has 0 saturated carbocycles. The van der Waals surface area contributed by atoms with Gasteiger partial charge in [-0.15, -0.1) is 0 Å². The number of carbonyl (C=O) groups is 1. The summed E-state index contributed by atoms with van der Waals surface area (Å²) >= 11 is 5.64. The standard InChI is InChI=1S/C7H2Br2F2O2/c8-2-1-3(10)4(7(12)13)6(11)5(2)9/h1H,(H,12,13). The van der Waals surface area contributed by atoms with Crippen molar-refractivity contribution in [2.45, 2.75) is 0 Å². The van der Waals surface area contributed by atoms with E-state index in [1.165, 1.54) is 0 Å². The fraction of sp³-hybridized carbons (Fsp3) is 0. The van der Waals surface area contributed by atoms with E-state index < -0.39 is 23.2 Å². The summed E-state index contributed by atoms with van der Waals surface area (Å²) in [7, 11) is 0. The van der Waals surface area contributed by atoms with E-state index in [1.807, 2.05) is 0 Å². The zero-order chi connectivity index (χ0) is 10.2. The number of carboxylic acid groups (broad SMARTS) is 1. The van der Waals surface area contributed by atoms with Crippen molar-refractivity contribution < 1.29 is 18.7 Å². The highest BCUT2D eigenvalue weighted by molar-refractivity contribution is 9.13. The van der Waals surface area contributed by atoms with Gasteiger partial charge in [-0.25, -0.2) is 13.6 Å². The molecule has 0 radical (unpaired) electrons. The predicted octanol–water partition coefficient (Wildman–Crippen LogP) is 3.19. The molecule has 0 fully saturated rings. The number of halogens is 4. The van der Waals surface area contributed by atoms with Crippen LogP contribution in [0, 0.1) is 11.6 Å². The summed E-state index contributed by atoms with van der Waals surface area (Å²) in [6.07, 6.45) is 0. The van der Waals surface area contributed by atoms with Crippen LogP contribution in [0.5, 0.6) is 0 Å². The number of carboxylic acids is 1. The average molecular weight is 316 g/mol. The number of benzene rings is 1. The van der Waals surface area contributed by atoms with Crippen LogP contribution in [0.1, 0.15) is 10.4 Å². The van der Waals surface area contributed by atoms with Gasteiger partial charge in [0.1, 0.15) is 11.4 Å². The van der Waals surface area contributed by atoms with Crippen LogP contribution in [0.15, 0.2) is 15.0 Å². The first-order valence-electron chi connectivity index (χ1n) is 3.01. The van der Waals surface area contributed by atoms with Crippen LogP contribution < -0.4 is 0 Å². The van der Waals surface area contributed by atoms with Gasteiger partial charge in [-0.1, -0.05) is 0 Å². The second-order valence-electron chi connectivity index (χ2n) is 2.15. The number of hydrogen-bond acceptors (Lipinski definition) is 1. The monoisotopic (exact) mass is 314 g/mol. The van der Waals surface area contributed by atoms with Crippen LogP contribution in [-0.2, 0) is 0 Å². The number of aromatic carboxylic acids is 1. The van der Waals surface area contributed by atoms with Crippen LogP contribution in [0.25, 0.3) is 0 Å². The van der Waals surface area contributed by atoms with Crippen molar-refractivity contribution in [3.63, 3.8) is 0 Å². The van der Waals surface area contributed by atoms with E-state index >= 15 is 0 Å². The molecule has 1 aromatic carbocycles. The van der Waals surface area contributed by atoms with Crippen LogP contribution >= 0.6 is 31.9 Å². The summed E-state index contributed by atoms with van der Waals surface area (Å²) in [5.41, 5.74) is -0.963. The first-order chi connectivity index (χ1) is 5.95. The van der Waals surface area contributed by atoms with Gasteiger partial charge in [-0.05, 0) is 37.9 Å². The van der Waals surface area contributed by atoms with Gasteiger partial charge in [-0.2, -0.15) is 0 Å². The first kappa shape index (κ1) is 10.6. The minimum absolute atomic E-state index is 0.105. The Morgan fingerprint density at radius 1 is 1.38 bits per heavy atom. The summed E-state index contributed by atoms with van der Waals surface area (Å²) < 4.78 is 26.0. The van der Waals surface area contributed by atoms with E-state index in [9.17, 15) is 13.6 Å². The van der Waals surface area contributed by atoms with Crippen LogP contribution in [0.3, 0.4) is 0 Å². The normalized spacial score (nSPS) is 10.2. The smallest absolute Gasteiger partial charge is 0.341 e. The summed E-state index contributed by atoms with van der Waals surface area (Å²) in [4.78, 5) is 10.4. The molecular formula is C7H2Br2F2O2. The Balaban J connectivity index is 3.53. The Hall–Kier alpha value is -0.490. The van der Waals surface area contributed by atoms with Gasteiger partial charge in [0.2, 0.25) is 0 Å². The lowest BCUT2D eigenvalue weighted by molar-refractivity contribution is 0.0686. The topological polar surface area (TPSA) is 37.3 Å². The molecule has 70 valence electrons. The van der Waals surface area contributed by atoms with Gasteiger partial charge in [0.25, 0.3) is 0 Å². The van der Waals surface area contributed by atoms with Gasteiger partial charge in [0, 0.05) is 4.47 Å². The maximum absolute atomic E-state index is 13.1. The lowest BCUT2D eigenvalue weighted by atomic mass is 10.2. The third-order valence-corrected chi connectivity index (χ3v) is 3.26. The van der Waals surface area contributed by atoms with Gasteiger partial charge in [0.05, 0.1) is 4.47 Å². The molecule has 13 heavy (non-hydrogen) atoms. The molecule has 2 nitrogen and oxygen atoms in total. The fourth-order valence-corrected chi connectivity index (χ4v) is 1.45. The van der Waals surface area contributed by atoms with E-state index in [1.54, 1.807) is 0 Å². The maximum atomic E-state index is 13.1. The van der Waals surface area contributed by atoms with E-state index in [-0.39, 0.29) is 8.95 Å². The van der Waals surface area contributed by atoms with E-state index in [0.29, 0.717) is 0 Å². The molecule has 0 aliphatic rings. The largest absolute Gasteiger partial charge is 0.477 e. The molecular weight excluding hydrogens is 314 g/mol. The van der Waals surface area contributed by atoms with Crippen molar-refractivity contribution in [1.82, 2.24) is 0 Å². The highest BCUT2D eigenvalue weighted by Crippen LogP contribution is 2.29. The Morgan fingerprint density at radius 3 is 2.38 bits per heavy atom. The fourth-order valence-electron chi connectivity index (χ4n) is 0.762. The Labute approximate surface area is 88.8 Å². The number of rotatable bonds is 1. The van der Waals surface area contributed by atoms with Crippen molar-refractivity contribution in [3.05, 3.63) is 32.2 Å². The van der Waals surface area contributed by atoms with Gasteiger partial charge < -0.3 is 5.11 Å². The molecule has 0 saturated heterocycles. The summed E-state index contributed by atoms with van der Waals surface area (Å²) in [5.74, 6) is -3.87. The van der Waals surface area contributed by atoms with Gasteiger partial charge in [0.15, 0.2) is 5.82 Å². The average Bonchev–Trinajstić information content (AvgIpc) is 1.99. The minimum Gasteiger partial charge on any atom is -0.477 e. The van der Waals surface area contributed by atoms with E-state index in [2.05, 4.69) is 31.9 Å². The van der Waals surface area contributed by atoms with Crippen LogP contribution in [0.4, 0.5) is 8.78 Å². The molecule has 0 heterocycles. The second-order valence-corrected chi connectivity index (χ2v) is 3.80. The molecule has 1 rings (SSSR count). The molecule has 0 amide bonds. The zero-order valence-electron chi connectivity index (χ0n) is 5.94. The third-order valence-electron chi connectivity index (χ3n) is 1.33. The number of hydrogen-bond donors (Lipinski definition) is 1. The van der Waals surface area contributed by atoms with Crippen LogP contribution in [0.2, 0.25) is 0 Å². The molecule has 0 atom stereocenters. The highest BCUT2D eigenvalue weighted by atomic mass is 79.9. The summed E-state index contributed by atoms with van der Waals surface area (Å²) in [5, 5.41) is 8.45. The molecule has 0 aliphatic carbocycles. The zero-order valence-corrected chi connectivity index (χ0v) is 9.12. The molecule has 0 aliphatic heterocycles. The lowest BCUT2D eigenvalue weighted by Gasteiger charge is -2.03. The Morgan fingerprint density at radius 2 is 1.92 bits per heavy atom. The predicted molar refractivity (Wildman–Crippen MR) is 48.7 cm³/mol. The van der Waals surface area contributed by atoms with Crippen molar-refractivity contribution in [1.29, 1.82) is 0 Å². The van der Waals surface area contributed by atoms with Gasteiger partial charge in [-0.3, -0.25) is 0 Å². The molecule has 0 bridgehead atoms. The van der Waals surface area contributed by atoms with Crippen molar-refractivity contribution in [2.75, 3.05) is 0 Å². The molecule has 0 aromatic heterocycles. The SMILES string of the molecule is O=C(O)c1c(F)cc(Br)c(Br)c1F. The van der Waals surface area contributed by atoms with Crippen LogP contribution in [-0.4, -0.2) is 11.1 Å². The third kappa shape index (κ3) is 1.88. The summed E-state index contributed by atoms with van der Waals surface area (Å²) in [6, 6.07) is 0.886. The molecule has 0 unspecified atom stereocenters. The van der Waals surface area contributed by atoms with Crippen molar-refractivity contribution in [3.8, 4) is 0 Å². The van der Waals surface area contributed by atoms with Crippen molar-refractivity contribution >= 4 is 37.8 Å². The highest BCUT2D eigenvalue weighted by Gasteiger charge is 2.20. The Kier molecular flexibility index (Phi) is 3.02. The maximum Gasteiger partial charge on any atom is 0.341 e. The molecule has 6 heteroatoms. The quantitative estimate of drug-likeness (QED) is 0.638. The molecule has 0 spiro atoms. The minimum atomic E-state index is -1.64.